The first kappa shape index (κ1) is 26.4. The van der Waals surface area contributed by atoms with Crippen LogP contribution in [0.3, 0.4) is 0 Å². The van der Waals surface area contributed by atoms with Crippen LogP contribution in [0, 0.1) is 6.92 Å². The van der Waals surface area contributed by atoms with E-state index < -0.39 is 34.4 Å². The third-order valence-corrected chi connectivity index (χ3v) is 7.65. The molecular formula is C21H24BrCl2N3O4S. The fourth-order valence-corrected chi connectivity index (χ4v) is 4.65. The fourth-order valence-electron chi connectivity index (χ4n) is 3.04. The number of nitrogens with zero attached hydrogens (tertiary/aromatic N) is 2. The van der Waals surface area contributed by atoms with Crippen LogP contribution in [0.15, 0.2) is 40.9 Å². The Morgan fingerprint density at radius 3 is 2.25 bits per heavy atom. The van der Waals surface area contributed by atoms with E-state index in [1.54, 1.807) is 43.3 Å². The smallest absolute Gasteiger partial charge is 0.244 e. The molecule has 2 amide bonds. The molecule has 0 heterocycles. The molecular weight excluding hydrogens is 541 g/mol. The quantitative estimate of drug-likeness (QED) is 0.525. The molecule has 0 saturated heterocycles. The minimum atomic E-state index is -3.80. The second-order valence-electron chi connectivity index (χ2n) is 7.22. The molecule has 0 aliphatic heterocycles. The molecule has 7 nitrogen and oxygen atoms in total. The number of amides is 2. The number of carbonyl (C=O) groups excluding carboxylic acids is 2. The molecule has 0 fully saturated rings. The highest BCUT2D eigenvalue weighted by Gasteiger charge is 2.30. The van der Waals surface area contributed by atoms with Gasteiger partial charge in [-0.3, -0.25) is 13.9 Å². The third kappa shape index (κ3) is 6.37. The molecule has 0 saturated carbocycles. The monoisotopic (exact) mass is 563 g/mol. The molecule has 2 rings (SSSR count). The summed E-state index contributed by atoms with van der Waals surface area (Å²) in [5.41, 5.74) is 1.61. The number of halogens is 3. The molecule has 0 aliphatic rings. The molecule has 0 unspecified atom stereocenters. The van der Waals surface area contributed by atoms with Crippen molar-refractivity contribution in [1.29, 1.82) is 0 Å². The van der Waals surface area contributed by atoms with E-state index in [-0.39, 0.29) is 6.54 Å². The number of carbonyl (C=O) groups is 2. The molecule has 0 aliphatic carbocycles. The summed E-state index contributed by atoms with van der Waals surface area (Å²) in [6.07, 6.45) is 1.02. The SMILES string of the molecule is CNC(=O)[C@@H](C)N(Cc1c(Cl)cccc1Cl)C(=O)CN(c1ccc(Br)c(C)c1)S(C)(=O)=O. The van der Waals surface area contributed by atoms with Crippen molar-refractivity contribution in [3.05, 3.63) is 62.0 Å². The highest BCUT2D eigenvalue weighted by atomic mass is 79.9. The van der Waals surface area contributed by atoms with E-state index in [1.807, 2.05) is 6.92 Å². The van der Waals surface area contributed by atoms with Crippen molar-refractivity contribution >= 4 is 66.7 Å². The van der Waals surface area contributed by atoms with Crippen molar-refractivity contribution < 1.29 is 18.0 Å². The number of nitrogens with one attached hydrogen (secondary N) is 1. The van der Waals surface area contributed by atoms with Gasteiger partial charge in [0.15, 0.2) is 0 Å². The van der Waals surface area contributed by atoms with Gasteiger partial charge in [0, 0.05) is 33.7 Å². The molecule has 0 bridgehead atoms. The highest BCUT2D eigenvalue weighted by Crippen LogP contribution is 2.28. The van der Waals surface area contributed by atoms with Gasteiger partial charge in [0.2, 0.25) is 21.8 Å². The summed E-state index contributed by atoms with van der Waals surface area (Å²) in [5, 5.41) is 3.18. The van der Waals surface area contributed by atoms with E-state index in [1.165, 1.54) is 11.9 Å². The number of hydrogen-bond acceptors (Lipinski definition) is 4. The zero-order chi connectivity index (χ0) is 24.2. The minimum absolute atomic E-state index is 0.0666. The van der Waals surface area contributed by atoms with Crippen LogP contribution in [0.5, 0.6) is 0 Å². The van der Waals surface area contributed by atoms with Gasteiger partial charge in [0.1, 0.15) is 12.6 Å². The molecule has 1 N–H and O–H groups in total. The van der Waals surface area contributed by atoms with Gasteiger partial charge in [0.25, 0.3) is 0 Å². The molecule has 2 aromatic carbocycles. The van der Waals surface area contributed by atoms with Crippen molar-refractivity contribution in [3.63, 3.8) is 0 Å². The summed E-state index contributed by atoms with van der Waals surface area (Å²) < 4.78 is 26.9. The second-order valence-corrected chi connectivity index (χ2v) is 10.8. The average Bonchev–Trinajstić information content (AvgIpc) is 2.72. The van der Waals surface area contributed by atoms with Gasteiger partial charge in [-0.05, 0) is 49.7 Å². The summed E-state index contributed by atoms with van der Waals surface area (Å²) >= 11 is 15.9. The summed E-state index contributed by atoms with van der Waals surface area (Å²) in [7, 11) is -2.34. The van der Waals surface area contributed by atoms with Crippen LogP contribution in [0.1, 0.15) is 18.1 Å². The molecule has 0 radical (unpaired) electrons. The topological polar surface area (TPSA) is 86.8 Å². The maximum absolute atomic E-state index is 13.4. The molecule has 1 atom stereocenters. The molecule has 32 heavy (non-hydrogen) atoms. The second kappa shape index (κ2) is 10.9. The predicted octanol–water partition coefficient (Wildman–Crippen LogP) is 3.99. The van der Waals surface area contributed by atoms with Crippen molar-refractivity contribution in [2.24, 2.45) is 0 Å². The lowest BCUT2D eigenvalue weighted by Crippen LogP contribution is -2.50. The molecule has 0 spiro atoms. The van der Waals surface area contributed by atoms with Crippen LogP contribution in [0.4, 0.5) is 5.69 Å². The van der Waals surface area contributed by atoms with E-state index in [9.17, 15) is 18.0 Å². The Kier molecular flexibility index (Phi) is 8.98. The Balaban J connectivity index is 2.46. The molecule has 174 valence electrons. The zero-order valence-corrected chi connectivity index (χ0v) is 21.9. The first-order valence-corrected chi connectivity index (χ1v) is 12.9. The van der Waals surface area contributed by atoms with Crippen LogP contribution in [0.25, 0.3) is 0 Å². The lowest BCUT2D eigenvalue weighted by molar-refractivity contribution is -0.139. The van der Waals surface area contributed by atoms with Gasteiger partial charge >= 0.3 is 0 Å². The summed E-state index contributed by atoms with van der Waals surface area (Å²) in [6, 6.07) is 9.00. The lowest BCUT2D eigenvalue weighted by Gasteiger charge is -2.31. The number of hydrogen-bond donors (Lipinski definition) is 1. The highest BCUT2D eigenvalue weighted by molar-refractivity contribution is 9.10. The normalized spacial score (nSPS) is 12.2. The maximum atomic E-state index is 13.4. The Labute approximate surface area is 206 Å². The number of rotatable bonds is 8. The number of anilines is 1. The first-order chi connectivity index (χ1) is 14.9. The van der Waals surface area contributed by atoms with Gasteiger partial charge in [-0.2, -0.15) is 0 Å². The maximum Gasteiger partial charge on any atom is 0.244 e. The summed E-state index contributed by atoms with van der Waals surface area (Å²) in [5.74, 6) is -0.991. The average molecular weight is 565 g/mol. The Bertz CT molecular complexity index is 1110. The summed E-state index contributed by atoms with van der Waals surface area (Å²) in [6.45, 7) is 2.80. The summed E-state index contributed by atoms with van der Waals surface area (Å²) in [4.78, 5) is 27.0. The van der Waals surface area contributed by atoms with Gasteiger partial charge in [-0.1, -0.05) is 45.2 Å². The molecule has 2 aromatic rings. The van der Waals surface area contributed by atoms with E-state index in [0.29, 0.717) is 21.3 Å². The fraction of sp³-hybridized carbons (Fsp3) is 0.333. The van der Waals surface area contributed by atoms with Gasteiger partial charge < -0.3 is 10.2 Å². The van der Waals surface area contributed by atoms with Crippen LogP contribution in [-0.2, 0) is 26.2 Å². The van der Waals surface area contributed by atoms with E-state index in [4.69, 9.17) is 23.2 Å². The minimum Gasteiger partial charge on any atom is -0.357 e. The van der Waals surface area contributed by atoms with Gasteiger partial charge in [0.05, 0.1) is 11.9 Å². The number of likely N-dealkylation sites (N-methyl/N-ethyl adjacent to an activating group) is 1. The van der Waals surface area contributed by atoms with Crippen molar-refractivity contribution in [2.75, 3.05) is 24.2 Å². The lowest BCUT2D eigenvalue weighted by atomic mass is 10.1. The first-order valence-electron chi connectivity index (χ1n) is 9.54. The van der Waals surface area contributed by atoms with Crippen LogP contribution in [0.2, 0.25) is 10.0 Å². The Hall–Kier alpha value is -1.81. The van der Waals surface area contributed by atoms with E-state index in [2.05, 4.69) is 21.2 Å². The van der Waals surface area contributed by atoms with E-state index >= 15 is 0 Å². The Morgan fingerprint density at radius 2 is 1.75 bits per heavy atom. The third-order valence-electron chi connectivity index (χ3n) is 4.91. The largest absolute Gasteiger partial charge is 0.357 e. The molecule has 0 aromatic heterocycles. The van der Waals surface area contributed by atoms with E-state index in [0.717, 1.165) is 20.6 Å². The number of sulfonamides is 1. The van der Waals surface area contributed by atoms with Crippen molar-refractivity contribution in [3.8, 4) is 0 Å². The van der Waals surface area contributed by atoms with Crippen LogP contribution < -0.4 is 9.62 Å². The van der Waals surface area contributed by atoms with Crippen LogP contribution >= 0.6 is 39.1 Å². The van der Waals surface area contributed by atoms with Crippen molar-refractivity contribution in [2.45, 2.75) is 26.4 Å². The predicted molar refractivity (Wildman–Crippen MR) is 132 cm³/mol. The number of benzene rings is 2. The Morgan fingerprint density at radius 1 is 1.16 bits per heavy atom. The number of aryl methyl sites for hydroxylation is 1. The van der Waals surface area contributed by atoms with Gasteiger partial charge in [-0.15, -0.1) is 0 Å². The van der Waals surface area contributed by atoms with Crippen molar-refractivity contribution in [1.82, 2.24) is 10.2 Å². The van der Waals surface area contributed by atoms with Crippen LogP contribution in [-0.4, -0.2) is 51.0 Å². The zero-order valence-electron chi connectivity index (χ0n) is 18.0. The van der Waals surface area contributed by atoms with Gasteiger partial charge in [-0.25, -0.2) is 8.42 Å². The molecule has 11 heteroatoms. The standard InChI is InChI=1S/C21H24BrCl2N3O4S/c1-13-10-15(8-9-17(13)22)27(32(4,30)31)12-20(28)26(14(2)21(29)25-3)11-16-18(23)6-5-7-19(16)24/h5-10,14H,11-12H2,1-4H3,(H,25,29)/t14-/m1/s1.